The fourth-order valence-electron chi connectivity index (χ4n) is 2.93. The molecule has 4 aromatic rings. The van der Waals surface area contributed by atoms with Gasteiger partial charge in [-0.05, 0) is 74.3 Å². The summed E-state index contributed by atoms with van der Waals surface area (Å²) in [4.78, 5) is 17.8. The maximum absolute atomic E-state index is 13.1. The molecule has 1 heterocycles. The van der Waals surface area contributed by atoms with Crippen molar-refractivity contribution in [3.8, 4) is 11.3 Å². The van der Waals surface area contributed by atoms with Crippen molar-refractivity contribution in [3.05, 3.63) is 91.8 Å². The molecule has 0 aliphatic heterocycles. The number of hydrogen-bond donors (Lipinski definition) is 1. The van der Waals surface area contributed by atoms with Crippen LogP contribution in [0.2, 0.25) is 0 Å². The zero-order chi connectivity index (χ0) is 19.7. The van der Waals surface area contributed by atoms with Crippen molar-refractivity contribution < 1.29 is 4.79 Å². The van der Waals surface area contributed by atoms with E-state index in [-0.39, 0.29) is 5.91 Å². The van der Waals surface area contributed by atoms with E-state index >= 15 is 0 Å². The van der Waals surface area contributed by atoms with Crippen LogP contribution in [-0.2, 0) is 0 Å². The Balaban J connectivity index is 1.80. The van der Waals surface area contributed by atoms with E-state index in [0.717, 1.165) is 35.6 Å². The number of anilines is 1. The molecule has 4 rings (SSSR count). The van der Waals surface area contributed by atoms with Crippen molar-refractivity contribution in [2.75, 3.05) is 5.32 Å². The minimum absolute atomic E-state index is 0.177. The molecule has 0 saturated heterocycles. The van der Waals surface area contributed by atoms with Crippen LogP contribution in [0.25, 0.3) is 22.2 Å². The highest BCUT2D eigenvalue weighted by Crippen LogP contribution is 2.29. The van der Waals surface area contributed by atoms with Crippen molar-refractivity contribution in [3.63, 3.8) is 0 Å². The second kappa shape index (κ2) is 8.15. The molecule has 0 saturated carbocycles. The third-order valence-corrected chi connectivity index (χ3v) is 6.63. The van der Waals surface area contributed by atoms with Gasteiger partial charge in [0.1, 0.15) is 0 Å². The normalized spacial score (nSPS) is 10.8. The standard InChI is InChI=1S/C22H13Br3N2O/c23-14-5-3-4-13(10-14)21-12-17(16-6-1-2-7-20(16)27-21)22(28)26-15-8-9-18(24)19(25)11-15/h1-12H,(H,26,28). The first-order valence-electron chi connectivity index (χ1n) is 8.43. The first-order chi connectivity index (χ1) is 13.5. The fraction of sp³-hybridized carbons (Fsp3) is 0. The first kappa shape index (κ1) is 19.3. The second-order valence-corrected chi connectivity index (χ2v) is 8.79. The summed E-state index contributed by atoms with van der Waals surface area (Å²) < 4.78 is 2.77. The van der Waals surface area contributed by atoms with Gasteiger partial charge >= 0.3 is 0 Å². The Morgan fingerprint density at radius 2 is 1.64 bits per heavy atom. The lowest BCUT2D eigenvalue weighted by atomic mass is 10.0. The van der Waals surface area contributed by atoms with E-state index < -0.39 is 0 Å². The highest BCUT2D eigenvalue weighted by atomic mass is 79.9. The van der Waals surface area contributed by atoms with Crippen LogP contribution < -0.4 is 5.32 Å². The van der Waals surface area contributed by atoms with Gasteiger partial charge in [-0.1, -0.05) is 46.3 Å². The Kier molecular flexibility index (Phi) is 5.62. The zero-order valence-corrected chi connectivity index (χ0v) is 19.2. The number of pyridine rings is 1. The summed E-state index contributed by atoms with van der Waals surface area (Å²) in [5, 5.41) is 3.80. The minimum Gasteiger partial charge on any atom is -0.322 e. The summed E-state index contributed by atoms with van der Waals surface area (Å²) in [7, 11) is 0. The molecular weight excluding hydrogens is 548 g/mol. The van der Waals surface area contributed by atoms with Crippen LogP contribution in [-0.4, -0.2) is 10.9 Å². The van der Waals surface area contributed by atoms with Gasteiger partial charge in [0, 0.05) is 30.1 Å². The van der Waals surface area contributed by atoms with Crippen LogP contribution in [0, 0.1) is 0 Å². The molecule has 3 aromatic carbocycles. The number of nitrogens with zero attached hydrogens (tertiary/aromatic N) is 1. The first-order valence-corrected chi connectivity index (χ1v) is 10.8. The molecule has 0 bridgehead atoms. The summed E-state index contributed by atoms with van der Waals surface area (Å²) in [6.07, 6.45) is 0. The molecule has 0 atom stereocenters. The van der Waals surface area contributed by atoms with E-state index in [1.54, 1.807) is 0 Å². The van der Waals surface area contributed by atoms with E-state index in [9.17, 15) is 4.79 Å². The third kappa shape index (κ3) is 4.04. The number of rotatable bonds is 3. The van der Waals surface area contributed by atoms with Gasteiger partial charge in [0.05, 0.1) is 16.8 Å². The van der Waals surface area contributed by atoms with Gasteiger partial charge in [0.2, 0.25) is 0 Å². The maximum Gasteiger partial charge on any atom is 0.256 e. The molecule has 1 N–H and O–H groups in total. The van der Waals surface area contributed by atoms with Crippen LogP contribution in [0.5, 0.6) is 0 Å². The number of amides is 1. The number of carbonyl (C=O) groups is 1. The number of nitrogens with one attached hydrogen (secondary N) is 1. The topological polar surface area (TPSA) is 42.0 Å². The Bertz CT molecular complexity index is 1210. The Morgan fingerprint density at radius 3 is 2.43 bits per heavy atom. The predicted molar refractivity (Wildman–Crippen MR) is 125 cm³/mol. The Labute approximate surface area is 187 Å². The SMILES string of the molecule is O=C(Nc1ccc(Br)c(Br)c1)c1cc(-c2cccc(Br)c2)nc2ccccc12. The average molecular weight is 561 g/mol. The van der Waals surface area contributed by atoms with Gasteiger partial charge in [-0.25, -0.2) is 4.98 Å². The predicted octanol–water partition coefficient (Wildman–Crippen LogP) is 7.44. The van der Waals surface area contributed by atoms with Gasteiger partial charge in [0.25, 0.3) is 5.91 Å². The van der Waals surface area contributed by atoms with Crippen LogP contribution in [0.3, 0.4) is 0 Å². The molecule has 1 amide bonds. The van der Waals surface area contributed by atoms with Gasteiger partial charge in [-0.2, -0.15) is 0 Å². The number of hydrogen-bond acceptors (Lipinski definition) is 2. The summed E-state index contributed by atoms with van der Waals surface area (Å²) >= 11 is 10.4. The molecule has 0 spiro atoms. The van der Waals surface area contributed by atoms with Gasteiger partial charge < -0.3 is 5.32 Å². The number of fused-ring (bicyclic) bond motifs is 1. The number of halogens is 3. The lowest BCUT2D eigenvalue weighted by molar-refractivity contribution is 0.102. The Hall–Kier alpha value is -2.02. The molecule has 0 unspecified atom stereocenters. The van der Waals surface area contributed by atoms with E-state index in [4.69, 9.17) is 4.98 Å². The fourth-order valence-corrected chi connectivity index (χ4v) is 3.96. The molecule has 0 aliphatic rings. The smallest absolute Gasteiger partial charge is 0.256 e. The number of para-hydroxylation sites is 1. The van der Waals surface area contributed by atoms with Gasteiger partial charge in [-0.3, -0.25) is 4.79 Å². The lowest BCUT2D eigenvalue weighted by Gasteiger charge is -2.11. The molecule has 0 fully saturated rings. The maximum atomic E-state index is 13.1. The van der Waals surface area contributed by atoms with Crippen molar-refractivity contribution in [2.45, 2.75) is 0 Å². The molecule has 3 nitrogen and oxygen atoms in total. The van der Waals surface area contributed by atoms with E-state index in [1.165, 1.54) is 0 Å². The van der Waals surface area contributed by atoms with Crippen molar-refractivity contribution in [2.24, 2.45) is 0 Å². The molecular formula is C22H13Br3N2O. The third-order valence-electron chi connectivity index (χ3n) is 4.26. The van der Waals surface area contributed by atoms with Gasteiger partial charge in [0.15, 0.2) is 0 Å². The summed E-state index contributed by atoms with van der Waals surface area (Å²) in [5.74, 6) is -0.177. The Morgan fingerprint density at radius 1 is 0.821 bits per heavy atom. The number of carbonyl (C=O) groups excluding carboxylic acids is 1. The van der Waals surface area contributed by atoms with Crippen LogP contribution in [0.15, 0.2) is 86.2 Å². The molecule has 28 heavy (non-hydrogen) atoms. The molecule has 0 radical (unpaired) electrons. The molecule has 0 aliphatic carbocycles. The van der Waals surface area contributed by atoms with Crippen LogP contribution in [0.4, 0.5) is 5.69 Å². The summed E-state index contributed by atoms with van der Waals surface area (Å²) in [5.41, 5.74) is 3.77. The average Bonchev–Trinajstić information content (AvgIpc) is 2.70. The molecule has 1 aromatic heterocycles. The minimum atomic E-state index is -0.177. The monoisotopic (exact) mass is 558 g/mol. The largest absolute Gasteiger partial charge is 0.322 e. The highest BCUT2D eigenvalue weighted by Gasteiger charge is 2.15. The summed E-state index contributed by atoms with van der Waals surface area (Å²) in [6.45, 7) is 0. The lowest BCUT2D eigenvalue weighted by Crippen LogP contribution is -2.13. The van der Waals surface area contributed by atoms with Crippen molar-refractivity contribution in [1.82, 2.24) is 4.98 Å². The van der Waals surface area contributed by atoms with Gasteiger partial charge in [-0.15, -0.1) is 0 Å². The molecule has 6 heteroatoms. The zero-order valence-electron chi connectivity index (χ0n) is 14.4. The highest BCUT2D eigenvalue weighted by molar-refractivity contribution is 9.13. The van der Waals surface area contributed by atoms with E-state index in [2.05, 4.69) is 53.1 Å². The van der Waals surface area contributed by atoms with Crippen LogP contribution >= 0.6 is 47.8 Å². The molecule has 138 valence electrons. The number of benzene rings is 3. The van der Waals surface area contributed by atoms with E-state index in [0.29, 0.717) is 11.3 Å². The van der Waals surface area contributed by atoms with Crippen molar-refractivity contribution >= 4 is 70.3 Å². The van der Waals surface area contributed by atoms with Crippen LogP contribution in [0.1, 0.15) is 10.4 Å². The second-order valence-electron chi connectivity index (χ2n) is 6.17. The van der Waals surface area contributed by atoms with Crippen molar-refractivity contribution in [1.29, 1.82) is 0 Å². The summed E-state index contributed by atoms with van der Waals surface area (Å²) in [6, 6.07) is 23.0. The quantitative estimate of drug-likeness (QED) is 0.283. The van der Waals surface area contributed by atoms with E-state index in [1.807, 2.05) is 72.8 Å². The number of aromatic nitrogens is 1.